The normalized spacial score (nSPS) is 12.7. The van der Waals surface area contributed by atoms with Crippen LogP contribution in [0, 0.1) is 11.8 Å². The van der Waals surface area contributed by atoms with E-state index in [-0.39, 0.29) is 18.4 Å². The van der Waals surface area contributed by atoms with Gasteiger partial charge in [0.25, 0.3) is 0 Å². The Morgan fingerprint density at radius 2 is 1.60 bits per heavy atom. The van der Waals surface area contributed by atoms with Crippen molar-refractivity contribution in [3.05, 3.63) is 35.9 Å². The van der Waals surface area contributed by atoms with Gasteiger partial charge in [0.05, 0.1) is 0 Å². The Kier molecular flexibility index (Phi) is 10.4. The number of amides is 3. The minimum Gasteiger partial charge on any atom is -0.480 e. The lowest BCUT2D eigenvalue weighted by Gasteiger charge is -2.25. The minimum atomic E-state index is -1.18. The summed E-state index contributed by atoms with van der Waals surface area (Å²) in [6.45, 7) is 6.77. The maximum Gasteiger partial charge on any atom is 0.408 e. The van der Waals surface area contributed by atoms with Gasteiger partial charge in [-0.25, -0.2) is 4.79 Å². The number of benzene rings is 1. The van der Waals surface area contributed by atoms with Crippen molar-refractivity contribution in [1.29, 1.82) is 0 Å². The van der Waals surface area contributed by atoms with Crippen molar-refractivity contribution >= 4 is 23.9 Å². The highest BCUT2D eigenvalue weighted by atomic mass is 16.5. The van der Waals surface area contributed by atoms with E-state index in [1.54, 1.807) is 13.8 Å². The number of carbonyl (C=O) groups excluding carboxylic acids is 3. The van der Waals surface area contributed by atoms with Gasteiger partial charge in [-0.3, -0.25) is 14.4 Å². The SMILES string of the molecule is CC(C)CC(NC(=O)OCc1ccccc1)C(=O)NC(C(=O)NCC(=O)O)C(C)C. The zero-order valence-corrected chi connectivity index (χ0v) is 17.8. The van der Waals surface area contributed by atoms with E-state index in [4.69, 9.17) is 9.84 Å². The van der Waals surface area contributed by atoms with Crippen LogP contribution in [0.3, 0.4) is 0 Å². The van der Waals surface area contributed by atoms with Crippen LogP contribution in [0.1, 0.15) is 39.7 Å². The van der Waals surface area contributed by atoms with E-state index >= 15 is 0 Å². The van der Waals surface area contributed by atoms with Gasteiger partial charge in [0.2, 0.25) is 11.8 Å². The molecule has 166 valence electrons. The third-order valence-electron chi connectivity index (χ3n) is 4.19. The van der Waals surface area contributed by atoms with Crippen LogP contribution < -0.4 is 16.0 Å². The number of nitrogens with one attached hydrogen (secondary N) is 3. The van der Waals surface area contributed by atoms with E-state index in [1.807, 2.05) is 44.2 Å². The third-order valence-corrected chi connectivity index (χ3v) is 4.19. The second-order valence-corrected chi connectivity index (χ2v) is 7.73. The Hall–Kier alpha value is -3.10. The molecule has 3 amide bonds. The molecule has 0 saturated heterocycles. The molecule has 0 spiro atoms. The number of carboxylic acids is 1. The lowest BCUT2D eigenvalue weighted by molar-refractivity contribution is -0.138. The lowest BCUT2D eigenvalue weighted by atomic mass is 10.00. The van der Waals surface area contributed by atoms with Gasteiger partial charge in [-0.15, -0.1) is 0 Å². The van der Waals surface area contributed by atoms with Crippen LogP contribution >= 0.6 is 0 Å². The van der Waals surface area contributed by atoms with Gasteiger partial charge < -0.3 is 25.8 Å². The number of aliphatic carboxylic acids is 1. The highest BCUT2D eigenvalue weighted by molar-refractivity contribution is 5.92. The Bertz CT molecular complexity index is 721. The molecule has 1 rings (SSSR count). The molecular formula is C21H31N3O6. The van der Waals surface area contributed by atoms with E-state index in [0.717, 1.165) is 5.56 Å². The molecule has 1 aromatic carbocycles. The summed E-state index contributed by atoms with van der Waals surface area (Å²) < 4.78 is 5.18. The summed E-state index contributed by atoms with van der Waals surface area (Å²) >= 11 is 0. The summed E-state index contributed by atoms with van der Waals surface area (Å²) in [6, 6.07) is 7.29. The van der Waals surface area contributed by atoms with Crippen LogP contribution in [-0.2, 0) is 25.7 Å². The molecule has 2 unspecified atom stereocenters. The fraction of sp³-hybridized carbons (Fsp3) is 0.524. The van der Waals surface area contributed by atoms with Gasteiger partial charge >= 0.3 is 12.1 Å². The largest absolute Gasteiger partial charge is 0.480 e. The number of hydrogen-bond acceptors (Lipinski definition) is 5. The van der Waals surface area contributed by atoms with E-state index in [9.17, 15) is 19.2 Å². The first-order chi connectivity index (χ1) is 14.1. The number of rotatable bonds is 11. The lowest BCUT2D eigenvalue weighted by Crippen LogP contribution is -2.56. The summed E-state index contributed by atoms with van der Waals surface area (Å²) in [5, 5.41) is 16.1. The molecule has 0 aliphatic heterocycles. The first kappa shape index (κ1) is 24.9. The van der Waals surface area contributed by atoms with Gasteiger partial charge in [0.15, 0.2) is 0 Å². The molecular weight excluding hydrogens is 390 g/mol. The average Bonchev–Trinajstić information content (AvgIpc) is 2.68. The number of hydrogen-bond donors (Lipinski definition) is 4. The first-order valence-corrected chi connectivity index (χ1v) is 9.87. The van der Waals surface area contributed by atoms with Crippen molar-refractivity contribution in [2.75, 3.05) is 6.54 Å². The van der Waals surface area contributed by atoms with Gasteiger partial charge in [0, 0.05) is 0 Å². The number of carboxylic acid groups (broad SMARTS) is 1. The van der Waals surface area contributed by atoms with Crippen LogP contribution in [-0.4, -0.2) is 47.6 Å². The molecule has 1 aromatic rings. The van der Waals surface area contributed by atoms with E-state index < -0.39 is 42.5 Å². The zero-order valence-electron chi connectivity index (χ0n) is 17.8. The molecule has 0 aromatic heterocycles. The van der Waals surface area contributed by atoms with Crippen LogP contribution in [0.5, 0.6) is 0 Å². The molecule has 0 aliphatic rings. The maximum absolute atomic E-state index is 12.8. The predicted molar refractivity (Wildman–Crippen MR) is 110 cm³/mol. The van der Waals surface area contributed by atoms with Crippen molar-refractivity contribution in [1.82, 2.24) is 16.0 Å². The monoisotopic (exact) mass is 421 g/mol. The molecule has 9 nitrogen and oxygen atoms in total. The van der Waals surface area contributed by atoms with Gasteiger partial charge in [-0.1, -0.05) is 58.0 Å². The fourth-order valence-corrected chi connectivity index (χ4v) is 2.67. The summed E-state index contributed by atoms with van der Waals surface area (Å²) in [6.07, 6.45) is -0.399. The number of alkyl carbamates (subject to hydrolysis) is 1. The summed E-state index contributed by atoms with van der Waals surface area (Å²) in [5.41, 5.74) is 0.812. The first-order valence-electron chi connectivity index (χ1n) is 9.87. The van der Waals surface area contributed by atoms with Crippen molar-refractivity contribution in [3.63, 3.8) is 0 Å². The van der Waals surface area contributed by atoms with E-state index in [2.05, 4.69) is 16.0 Å². The molecule has 0 radical (unpaired) electrons. The predicted octanol–water partition coefficient (Wildman–Crippen LogP) is 1.67. The standard InChI is InChI=1S/C21H31N3O6/c1-13(2)10-16(23-21(29)30-12-15-8-6-5-7-9-15)19(27)24-18(14(3)4)20(28)22-11-17(25)26/h5-9,13-14,16,18H,10-12H2,1-4H3,(H,22,28)(H,23,29)(H,24,27)(H,25,26). The molecule has 30 heavy (non-hydrogen) atoms. The fourth-order valence-electron chi connectivity index (χ4n) is 2.67. The number of ether oxygens (including phenoxy) is 1. The Balaban J connectivity index is 2.74. The summed E-state index contributed by atoms with van der Waals surface area (Å²) in [5.74, 6) is -2.51. The van der Waals surface area contributed by atoms with E-state index in [1.165, 1.54) is 0 Å². The quantitative estimate of drug-likeness (QED) is 0.429. The smallest absolute Gasteiger partial charge is 0.408 e. The van der Waals surface area contributed by atoms with Gasteiger partial charge in [-0.05, 0) is 23.8 Å². The van der Waals surface area contributed by atoms with Crippen LogP contribution in [0.15, 0.2) is 30.3 Å². The molecule has 0 heterocycles. The third kappa shape index (κ3) is 9.40. The Labute approximate surface area is 176 Å². The van der Waals surface area contributed by atoms with Crippen LogP contribution in [0.25, 0.3) is 0 Å². The van der Waals surface area contributed by atoms with Gasteiger partial charge in [0.1, 0.15) is 25.2 Å². The van der Waals surface area contributed by atoms with Crippen molar-refractivity contribution in [3.8, 4) is 0 Å². The summed E-state index contributed by atoms with van der Waals surface area (Å²) in [7, 11) is 0. The van der Waals surface area contributed by atoms with Crippen molar-refractivity contribution in [2.45, 2.75) is 52.8 Å². The molecule has 0 bridgehead atoms. The molecule has 0 aliphatic carbocycles. The van der Waals surface area contributed by atoms with Crippen LogP contribution in [0.2, 0.25) is 0 Å². The highest BCUT2D eigenvalue weighted by Crippen LogP contribution is 2.09. The maximum atomic E-state index is 12.8. The Morgan fingerprint density at radius 3 is 2.13 bits per heavy atom. The molecule has 0 saturated carbocycles. The van der Waals surface area contributed by atoms with Crippen molar-refractivity contribution in [2.24, 2.45) is 11.8 Å². The second-order valence-electron chi connectivity index (χ2n) is 7.73. The minimum absolute atomic E-state index is 0.0644. The van der Waals surface area contributed by atoms with E-state index in [0.29, 0.717) is 6.42 Å². The molecule has 9 heteroatoms. The average molecular weight is 421 g/mol. The zero-order chi connectivity index (χ0) is 22.7. The number of carbonyl (C=O) groups is 4. The summed E-state index contributed by atoms with van der Waals surface area (Å²) in [4.78, 5) is 47.9. The Morgan fingerprint density at radius 1 is 0.967 bits per heavy atom. The van der Waals surface area contributed by atoms with Gasteiger partial charge in [-0.2, -0.15) is 0 Å². The molecule has 0 fully saturated rings. The molecule has 2 atom stereocenters. The van der Waals surface area contributed by atoms with Crippen LogP contribution in [0.4, 0.5) is 4.79 Å². The van der Waals surface area contributed by atoms with Crippen molar-refractivity contribution < 1.29 is 29.0 Å². The second kappa shape index (κ2) is 12.5. The molecule has 4 N–H and O–H groups in total. The topological polar surface area (TPSA) is 134 Å². The highest BCUT2D eigenvalue weighted by Gasteiger charge is 2.29.